The average molecular weight is 450 g/mol. The van der Waals surface area contributed by atoms with Gasteiger partial charge in [0.25, 0.3) is 0 Å². The molecule has 31 heavy (non-hydrogen) atoms. The molecule has 2 aliphatic carbocycles. The molecular formula is C26H43NO3S. The largest absolute Gasteiger partial charge is 0.392 e. The van der Waals surface area contributed by atoms with Crippen molar-refractivity contribution in [2.45, 2.75) is 89.8 Å². The minimum atomic E-state index is -0.641. The Kier molecular flexibility index (Phi) is 9.54. The van der Waals surface area contributed by atoms with Gasteiger partial charge in [-0.25, -0.2) is 0 Å². The molecule has 0 unspecified atom stereocenters. The summed E-state index contributed by atoms with van der Waals surface area (Å²) in [6.07, 6.45) is 16.6. The Labute approximate surface area is 193 Å². The molecule has 0 aromatic heterocycles. The molecule has 2 fully saturated rings. The number of thioether (sulfide) groups is 1. The highest BCUT2D eigenvalue weighted by Gasteiger charge is 2.43. The summed E-state index contributed by atoms with van der Waals surface area (Å²) in [4.78, 5) is 14.3. The summed E-state index contributed by atoms with van der Waals surface area (Å²) in [5, 5.41) is 21.1. The maximum absolute atomic E-state index is 12.3. The first-order valence-corrected chi connectivity index (χ1v) is 13.7. The molecule has 1 saturated heterocycles. The van der Waals surface area contributed by atoms with Crippen LogP contribution >= 0.6 is 11.8 Å². The number of unbranched alkanes of at least 4 members (excludes halogenated alkanes) is 1. The van der Waals surface area contributed by atoms with Crippen LogP contribution in [0.25, 0.3) is 0 Å². The SMILES string of the molecule is CCCC[C@](C)(O)CC=C[C@@H]1[C@H]2CC(CCSCC(=O)N3CCCCC3)=C[C@H]2C[C@H]1O. The van der Waals surface area contributed by atoms with Gasteiger partial charge in [-0.05, 0) is 75.9 Å². The van der Waals surface area contributed by atoms with Gasteiger partial charge in [-0.15, -0.1) is 0 Å². The topological polar surface area (TPSA) is 60.8 Å². The van der Waals surface area contributed by atoms with Crippen LogP contribution in [0, 0.1) is 17.8 Å². The summed E-state index contributed by atoms with van der Waals surface area (Å²) in [6, 6.07) is 0. The van der Waals surface area contributed by atoms with Crippen molar-refractivity contribution in [1.82, 2.24) is 4.90 Å². The number of aliphatic hydroxyl groups is 2. The lowest BCUT2D eigenvalue weighted by Crippen LogP contribution is -2.36. The number of allylic oxidation sites excluding steroid dienone is 2. The predicted molar refractivity (Wildman–Crippen MR) is 130 cm³/mol. The quantitative estimate of drug-likeness (QED) is 0.346. The van der Waals surface area contributed by atoms with Crippen molar-refractivity contribution >= 4 is 17.7 Å². The first-order valence-electron chi connectivity index (χ1n) is 12.5. The van der Waals surface area contributed by atoms with Crippen molar-refractivity contribution in [2.75, 3.05) is 24.6 Å². The second kappa shape index (κ2) is 11.9. The van der Waals surface area contributed by atoms with Gasteiger partial charge in [-0.1, -0.05) is 43.6 Å². The molecule has 4 nitrogen and oxygen atoms in total. The Hall–Kier alpha value is -0.780. The number of piperidine rings is 1. The zero-order chi connectivity index (χ0) is 22.3. The molecule has 0 spiro atoms. The third-order valence-electron chi connectivity index (χ3n) is 7.44. The van der Waals surface area contributed by atoms with Gasteiger partial charge < -0.3 is 15.1 Å². The van der Waals surface area contributed by atoms with Crippen LogP contribution in [0.15, 0.2) is 23.8 Å². The molecule has 0 radical (unpaired) electrons. The van der Waals surface area contributed by atoms with Crippen molar-refractivity contribution < 1.29 is 15.0 Å². The lowest BCUT2D eigenvalue weighted by atomic mass is 9.88. The van der Waals surface area contributed by atoms with Gasteiger partial charge >= 0.3 is 0 Å². The van der Waals surface area contributed by atoms with Gasteiger partial charge in [0, 0.05) is 19.0 Å². The van der Waals surface area contributed by atoms with E-state index in [2.05, 4.69) is 25.2 Å². The first-order chi connectivity index (χ1) is 14.9. The fourth-order valence-corrected chi connectivity index (χ4v) is 6.43. The summed E-state index contributed by atoms with van der Waals surface area (Å²) in [5.41, 5.74) is 0.866. The summed E-state index contributed by atoms with van der Waals surface area (Å²) in [6.45, 7) is 5.96. The molecule has 0 aromatic carbocycles. The van der Waals surface area contributed by atoms with Gasteiger partial charge in [0.2, 0.25) is 5.91 Å². The van der Waals surface area contributed by atoms with Crippen LogP contribution in [-0.4, -0.2) is 57.3 Å². The van der Waals surface area contributed by atoms with E-state index in [1.807, 2.05) is 11.8 Å². The molecule has 3 rings (SSSR count). The Morgan fingerprint density at radius 2 is 2.10 bits per heavy atom. The van der Waals surface area contributed by atoms with E-state index < -0.39 is 5.60 Å². The Morgan fingerprint density at radius 3 is 2.84 bits per heavy atom. The fraction of sp³-hybridized carbons (Fsp3) is 0.808. The molecule has 2 N–H and O–H groups in total. The van der Waals surface area contributed by atoms with Gasteiger partial charge in [0.15, 0.2) is 0 Å². The van der Waals surface area contributed by atoms with E-state index in [0.29, 0.717) is 29.9 Å². The maximum atomic E-state index is 12.3. The van der Waals surface area contributed by atoms with Crippen LogP contribution in [0.2, 0.25) is 0 Å². The molecule has 3 aliphatic rings. The zero-order valence-corrected chi connectivity index (χ0v) is 20.4. The van der Waals surface area contributed by atoms with Gasteiger partial charge in [-0.3, -0.25) is 4.79 Å². The second-order valence-corrected chi connectivity index (χ2v) is 11.3. The van der Waals surface area contributed by atoms with E-state index in [0.717, 1.165) is 70.2 Å². The summed E-state index contributed by atoms with van der Waals surface area (Å²) < 4.78 is 0. The highest BCUT2D eigenvalue weighted by Crippen LogP contribution is 2.48. The zero-order valence-electron chi connectivity index (χ0n) is 19.6. The lowest BCUT2D eigenvalue weighted by molar-refractivity contribution is -0.129. The normalized spacial score (nSPS) is 30.5. The lowest BCUT2D eigenvalue weighted by Gasteiger charge is -2.26. The molecule has 5 heteroatoms. The number of aliphatic hydroxyl groups excluding tert-OH is 1. The first kappa shape index (κ1) is 24.9. The average Bonchev–Trinajstić information content (AvgIpc) is 3.27. The van der Waals surface area contributed by atoms with E-state index in [1.54, 1.807) is 11.8 Å². The minimum Gasteiger partial charge on any atom is -0.392 e. The van der Waals surface area contributed by atoms with Crippen LogP contribution < -0.4 is 0 Å². The monoisotopic (exact) mass is 449 g/mol. The number of rotatable bonds is 11. The molecular weight excluding hydrogens is 406 g/mol. The Morgan fingerprint density at radius 1 is 1.32 bits per heavy atom. The molecule has 1 heterocycles. The number of nitrogens with zero attached hydrogens (tertiary/aromatic N) is 1. The Balaban J connectivity index is 1.39. The van der Waals surface area contributed by atoms with Crippen molar-refractivity contribution in [1.29, 1.82) is 0 Å². The standard InChI is InChI=1S/C26H43NO3S/c1-3-4-11-26(2,30)12-8-9-22-23-17-20(16-21(23)18-24(22)28)10-15-31-19-25(29)27-13-6-5-7-14-27/h8-9,16,21-24,28,30H,3-7,10-15,17-19H2,1-2H3/t21-,22+,23-,24+,26-/m0/s1. The van der Waals surface area contributed by atoms with Gasteiger partial charge in [-0.2, -0.15) is 11.8 Å². The van der Waals surface area contributed by atoms with Crippen LogP contribution in [0.1, 0.15) is 78.1 Å². The number of likely N-dealkylation sites (tertiary alicyclic amines) is 1. The van der Waals surface area contributed by atoms with E-state index in [1.165, 1.54) is 12.0 Å². The molecule has 176 valence electrons. The van der Waals surface area contributed by atoms with Gasteiger partial charge in [0.05, 0.1) is 17.5 Å². The molecule has 0 aromatic rings. The third-order valence-corrected chi connectivity index (χ3v) is 8.38. The van der Waals surface area contributed by atoms with Crippen LogP contribution in [0.4, 0.5) is 0 Å². The number of amides is 1. The number of hydrogen-bond donors (Lipinski definition) is 2. The summed E-state index contributed by atoms with van der Waals surface area (Å²) in [7, 11) is 0. The molecule has 5 atom stereocenters. The fourth-order valence-electron chi connectivity index (χ4n) is 5.53. The van der Waals surface area contributed by atoms with Crippen molar-refractivity contribution in [3.63, 3.8) is 0 Å². The number of hydrogen-bond acceptors (Lipinski definition) is 4. The predicted octanol–water partition coefficient (Wildman–Crippen LogP) is 4.95. The van der Waals surface area contributed by atoms with Crippen molar-refractivity contribution in [3.05, 3.63) is 23.8 Å². The number of carbonyl (C=O) groups excluding carboxylic acids is 1. The Bertz CT molecular complexity index is 639. The van der Waals surface area contributed by atoms with E-state index in [-0.39, 0.29) is 12.0 Å². The van der Waals surface area contributed by atoms with Crippen molar-refractivity contribution in [3.8, 4) is 0 Å². The van der Waals surface area contributed by atoms with Crippen LogP contribution in [0.3, 0.4) is 0 Å². The highest BCUT2D eigenvalue weighted by atomic mass is 32.2. The number of carbonyl (C=O) groups is 1. The van der Waals surface area contributed by atoms with E-state index in [4.69, 9.17) is 0 Å². The highest BCUT2D eigenvalue weighted by molar-refractivity contribution is 7.99. The van der Waals surface area contributed by atoms with Crippen molar-refractivity contribution in [2.24, 2.45) is 17.8 Å². The second-order valence-electron chi connectivity index (χ2n) is 10.2. The van der Waals surface area contributed by atoms with Crippen LogP contribution in [-0.2, 0) is 4.79 Å². The van der Waals surface area contributed by atoms with E-state index >= 15 is 0 Å². The van der Waals surface area contributed by atoms with Crippen LogP contribution in [0.5, 0.6) is 0 Å². The molecule has 1 aliphatic heterocycles. The van der Waals surface area contributed by atoms with Gasteiger partial charge in [0.1, 0.15) is 0 Å². The van der Waals surface area contributed by atoms with E-state index in [9.17, 15) is 15.0 Å². The summed E-state index contributed by atoms with van der Waals surface area (Å²) in [5.74, 6) is 3.12. The summed E-state index contributed by atoms with van der Waals surface area (Å²) >= 11 is 1.77. The minimum absolute atomic E-state index is 0.203. The molecule has 1 amide bonds. The third kappa shape index (κ3) is 7.36. The molecule has 1 saturated carbocycles. The maximum Gasteiger partial charge on any atom is 0.232 e. The molecule has 0 bridgehead atoms. The smallest absolute Gasteiger partial charge is 0.232 e. The number of fused-ring (bicyclic) bond motifs is 1.